The van der Waals surface area contributed by atoms with Crippen LogP contribution in [0.2, 0.25) is 5.02 Å². The summed E-state index contributed by atoms with van der Waals surface area (Å²) in [4.78, 5) is 19.6. The summed E-state index contributed by atoms with van der Waals surface area (Å²) >= 11 is 9.33. The number of imidazole rings is 1. The van der Waals surface area contributed by atoms with Gasteiger partial charge in [-0.3, -0.25) is 0 Å². The van der Waals surface area contributed by atoms with E-state index in [0.717, 1.165) is 0 Å². The summed E-state index contributed by atoms with van der Waals surface area (Å²) < 4.78 is 7.38. The average molecular weight is 427 g/mol. The zero-order valence-corrected chi connectivity index (χ0v) is 16.3. The Labute approximate surface area is 158 Å². The van der Waals surface area contributed by atoms with Crippen LogP contribution < -0.4 is 0 Å². The van der Waals surface area contributed by atoms with Gasteiger partial charge in [0.2, 0.25) is 0 Å². The van der Waals surface area contributed by atoms with Gasteiger partial charge in [0.15, 0.2) is 10.4 Å². The van der Waals surface area contributed by atoms with Crippen molar-refractivity contribution in [1.82, 2.24) is 9.55 Å². The minimum absolute atomic E-state index is 0.0243. The Balaban J connectivity index is 2.72. The fourth-order valence-electron chi connectivity index (χ4n) is 2.49. The van der Waals surface area contributed by atoms with Crippen molar-refractivity contribution >= 4 is 33.5 Å². The standard InChI is InChI=1S/C16H17BrClN5O2/c1-4-25-15(24)13-14(23(9(2)3)16(17)20-13)12(21-22-19)10-5-7-11(18)8-6-10/h5-9,12H,4H2,1-3H3. The molecule has 0 aliphatic rings. The van der Waals surface area contributed by atoms with E-state index in [4.69, 9.17) is 21.9 Å². The number of esters is 1. The first-order chi connectivity index (χ1) is 11.9. The lowest BCUT2D eigenvalue weighted by atomic mass is 10.0. The first kappa shape index (κ1) is 19.3. The second-order valence-electron chi connectivity index (χ2n) is 5.46. The van der Waals surface area contributed by atoms with Gasteiger partial charge in [-0.05, 0) is 59.9 Å². The second-order valence-corrected chi connectivity index (χ2v) is 6.60. The fourth-order valence-corrected chi connectivity index (χ4v) is 3.40. The molecule has 0 aliphatic heterocycles. The predicted octanol–water partition coefficient (Wildman–Crippen LogP) is 5.46. The SMILES string of the molecule is CCOC(=O)c1nc(Br)n(C(C)C)c1C(N=[N+]=[N-])c1ccc(Cl)cc1. The van der Waals surface area contributed by atoms with Crippen molar-refractivity contribution in [2.24, 2.45) is 5.11 Å². The lowest BCUT2D eigenvalue weighted by molar-refractivity contribution is 0.0518. The van der Waals surface area contributed by atoms with Crippen LogP contribution in [0.5, 0.6) is 0 Å². The van der Waals surface area contributed by atoms with E-state index < -0.39 is 12.0 Å². The third-order valence-corrected chi connectivity index (χ3v) is 4.31. The Morgan fingerprint density at radius 2 is 2.08 bits per heavy atom. The smallest absolute Gasteiger partial charge is 0.358 e. The molecule has 1 unspecified atom stereocenters. The molecule has 2 aromatic rings. The normalized spacial score (nSPS) is 11.9. The van der Waals surface area contributed by atoms with Crippen molar-refractivity contribution in [1.29, 1.82) is 0 Å². The number of carbonyl (C=O) groups excluding carboxylic acids is 1. The molecule has 1 heterocycles. The Morgan fingerprint density at radius 3 is 2.60 bits per heavy atom. The number of azide groups is 1. The molecule has 25 heavy (non-hydrogen) atoms. The third kappa shape index (κ3) is 4.15. The molecule has 0 N–H and O–H groups in total. The third-order valence-electron chi connectivity index (χ3n) is 3.50. The second kappa shape index (κ2) is 8.38. The van der Waals surface area contributed by atoms with Gasteiger partial charge < -0.3 is 9.30 Å². The van der Waals surface area contributed by atoms with Gasteiger partial charge in [0.25, 0.3) is 0 Å². The first-order valence-electron chi connectivity index (χ1n) is 7.65. The zero-order valence-electron chi connectivity index (χ0n) is 14.0. The number of nitrogens with zero attached hydrogens (tertiary/aromatic N) is 5. The van der Waals surface area contributed by atoms with E-state index in [1.54, 1.807) is 35.8 Å². The first-order valence-corrected chi connectivity index (χ1v) is 8.82. The summed E-state index contributed by atoms with van der Waals surface area (Å²) in [7, 11) is 0. The van der Waals surface area contributed by atoms with Gasteiger partial charge in [0.05, 0.1) is 12.3 Å². The molecule has 0 radical (unpaired) electrons. The highest BCUT2D eigenvalue weighted by atomic mass is 79.9. The molecule has 1 aromatic heterocycles. The lowest BCUT2D eigenvalue weighted by Crippen LogP contribution is -2.15. The average Bonchev–Trinajstić information content (AvgIpc) is 2.91. The molecule has 0 fully saturated rings. The molecule has 1 atom stereocenters. The molecule has 0 saturated carbocycles. The predicted molar refractivity (Wildman–Crippen MR) is 98.7 cm³/mol. The van der Waals surface area contributed by atoms with E-state index in [0.29, 0.717) is 21.0 Å². The van der Waals surface area contributed by atoms with Crippen molar-refractivity contribution < 1.29 is 9.53 Å². The molecular weight excluding hydrogens is 410 g/mol. The molecule has 0 saturated heterocycles. The molecule has 1 aromatic carbocycles. The summed E-state index contributed by atoms with van der Waals surface area (Å²) in [5, 5.41) is 4.46. The summed E-state index contributed by atoms with van der Waals surface area (Å²) in [6, 6.07) is 6.13. The van der Waals surface area contributed by atoms with E-state index in [-0.39, 0.29) is 18.3 Å². The van der Waals surface area contributed by atoms with Gasteiger partial charge in [0, 0.05) is 16.0 Å². The summed E-state index contributed by atoms with van der Waals surface area (Å²) in [5.41, 5.74) is 10.3. The van der Waals surface area contributed by atoms with Gasteiger partial charge in [-0.1, -0.05) is 28.8 Å². The fraction of sp³-hybridized carbons (Fsp3) is 0.375. The monoisotopic (exact) mass is 425 g/mol. The van der Waals surface area contributed by atoms with Crippen LogP contribution in [-0.2, 0) is 4.74 Å². The van der Waals surface area contributed by atoms with Gasteiger partial charge in [0.1, 0.15) is 6.04 Å². The van der Waals surface area contributed by atoms with Crippen molar-refractivity contribution in [2.75, 3.05) is 6.61 Å². The minimum Gasteiger partial charge on any atom is -0.461 e. The summed E-state index contributed by atoms with van der Waals surface area (Å²) in [5.74, 6) is -0.565. The summed E-state index contributed by atoms with van der Waals surface area (Å²) in [6.07, 6.45) is 0. The number of halogens is 2. The highest BCUT2D eigenvalue weighted by molar-refractivity contribution is 9.10. The Morgan fingerprint density at radius 1 is 1.44 bits per heavy atom. The largest absolute Gasteiger partial charge is 0.461 e. The minimum atomic E-state index is -0.747. The molecular formula is C16H17BrClN5O2. The van der Waals surface area contributed by atoms with E-state index in [2.05, 4.69) is 30.9 Å². The molecule has 0 amide bonds. The molecule has 132 valence electrons. The van der Waals surface area contributed by atoms with Crippen molar-refractivity contribution in [2.45, 2.75) is 32.9 Å². The number of rotatable bonds is 6. The van der Waals surface area contributed by atoms with Gasteiger partial charge in [-0.25, -0.2) is 9.78 Å². The van der Waals surface area contributed by atoms with Gasteiger partial charge in [-0.15, -0.1) is 0 Å². The Bertz CT molecular complexity index is 813. The van der Waals surface area contributed by atoms with Crippen LogP contribution in [0.4, 0.5) is 0 Å². The highest BCUT2D eigenvalue weighted by Gasteiger charge is 2.30. The van der Waals surface area contributed by atoms with E-state index in [1.165, 1.54) is 0 Å². The van der Waals surface area contributed by atoms with Crippen molar-refractivity contribution in [3.63, 3.8) is 0 Å². The van der Waals surface area contributed by atoms with E-state index in [9.17, 15) is 4.79 Å². The number of hydrogen-bond donors (Lipinski definition) is 0. The maximum Gasteiger partial charge on any atom is 0.358 e. The van der Waals surface area contributed by atoms with Crippen LogP contribution in [0, 0.1) is 0 Å². The number of hydrogen-bond acceptors (Lipinski definition) is 4. The molecule has 0 aliphatic carbocycles. The zero-order chi connectivity index (χ0) is 18.6. The van der Waals surface area contributed by atoms with E-state index in [1.807, 2.05) is 13.8 Å². The maximum atomic E-state index is 12.4. The Hall–Kier alpha value is -2.02. The molecule has 7 nitrogen and oxygen atoms in total. The van der Waals surface area contributed by atoms with Gasteiger partial charge in [-0.2, -0.15) is 0 Å². The van der Waals surface area contributed by atoms with Crippen LogP contribution in [0.3, 0.4) is 0 Å². The molecule has 0 spiro atoms. The van der Waals surface area contributed by atoms with Crippen molar-refractivity contribution in [3.8, 4) is 0 Å². The van der Waals surface area contributed by atoms with Crippen LogP contribution in [-0.4, -0.2) is 22.1 Å². The maximum absolute atomic E-state index is 12.4. The van der Waals surface area contributed by atoms with Crippen LogP contribution in [0.15, 0.2) is 34.1 Å². The molecule has 9 heteroatoms. The molecule has 2 rings (SSSR count). The quantitative estimate of drug-likeness (QED) is 0.266. The number of ether oxygens (including phenoxy) is 1. The number of benzene rings is 1. The van der Waals surface area contributed by atoms with Crippen LogP contribution in [0.1, 0.15) is 54.6 Å². The van der Waals surface area contributed by atoms with E-state index >= 15 is 0 Å². The Kier molecular flexibility index (Phi) is 6.47. The van der Waals surface area contributed by atoms with Gasteiger partial charge >= 0.3 is 5.97 Å². The highest BCUT2D eigenvalue weighted by Crippen LogP contribution is 2.34. The number of aromatic nitrogens is 2. The molecule has 0 bridgehead atoms. The lowest BCUT2D eigenvalue weighted by Gasteiger charge is -2.19. The topological polar surface area (TPSA) is 92.9 Å². The number of carbonyl (C=O) groups is 1. The van der Waals surface area contributed by atoms with Crippen molar-refractivity contribution in [3.05, 3.63) is 61.4 Å². The van der Waals surface area contributed by atoms with Crippen LogP contribution >= 0.6 is 27.5 Å². The van der Waals surface area contributed by atoms with Crippen LogP contribution in [0.25, 0.3) is 10.4 Å². The summed E-state index contributed by atoms with van der Waals surface area (Å²) in [6.45, 7) is 5.83.